The van der Waals surface area contributed by atoms with E-state index in [1.54, 1.807) is 0 Å². The summed E-state index contributed by atoms with van der Waals surface area (Å²) in [5.41, 5.74) is 1.65. The Kier molecular flexibility index (Phi) is 4.90. The van der Waals surface area contributed by atoms with Crippen LogP contribution in [0.3, 0.4) is 0 Å². The predicted octanol–water partition coefficient (Wildman–Crippen LogP) is 2.71. The van der Waals surface area contributed by atoms with Gasteiger partial charge < -0.3 is 10.4 Å². The Labute approximate surface area is 135 Å². The van der Waals surface area contributed by atoms with Crippen molar-refractivity contribution in [3.05, 3.63) is 48.0 Å². The van der Waals surface area contributed by atoms with Crippen LogP contribution in [-0.4, -0.2) is 19.4 Å². The monoisotopic (exact) mass is 334 g/mol. The molecule has 2 rings (SSSR count). The highest BCUT2D eigenvalue weighted by Gasteiger charge is 2.16. The number of benzene rings is 2. The maximum atomic E-state index is 12.4. The zero-order chi connectivity index (χ0) is 17.0. The van der Waals surface area contributed by atoms with Crippen molar-refractivity contribution in [2.45, 2.75) is 25.2 Å². The largest absolute Gasteiger partial charge is 0.508 e. The van der Waals surface area contributed by atoms with Gasteiger partial charge >= 0.3 is 0 Å². The molecule has 0 aliphatic carbocycles. The highest BCUT2D eigenvalue weighted by atomic mass is 32.2. The van der Waals surface area contributed by atoms with Crippen LogP contribution in [0.25, 0.3) is 0 Å². The first-order chi connectivity index (χ1) is 10.8. The maximum Gasteiger partial charge on any atom is 0.261 e. The topological polar surface area (TPSA) is 95.5 Å². The van der Waals surface area contributed by atoms with Gasteiger partial charge in [0.15, 0.2) is 0 Å². The van der Waals surface area contributed by atoms with E-state index < -0.39 is 10.0 Å². The lowest BCUT2D eigenvalue weighted by atomic mass is 10.1. The number of hydrogen-bond acceptors (Lipinski definition) is 4. The molecule has 23 heavy (non-hydrogen) atoms. The van der Waals surface area contributed by atoms with Crippen LogP contribution in [-0.2, 0) is 21.2 Å². The van der Waals surface area contributed by atoms with E-state index in [9.17, 15) is 18.3 Å². The molecular weight excluding hydrogens is 316 g/mol. The molecule has 3 N–H and O–H groups in total. The van der Waals surface area contributed by atoms with E-state index in [-0.39, 0.29) is 16.6 Å². The normalized spacial score (nSPS) is 11.0. The third kappa shape index (κ3) is 4.23. The Morgan fingerprint density at radius 2 is 1.78 bits per heavy atom. The molecule has 0 aliphatic rings. The van der Waals surface area contributed by atoms with Crippen molar-refractivity contribution in [2.24, 2.45) is 0 Å². The lowest BCUT2D eigenvalue weighted by molar-refractivity contribution is -0.114. The Morgan fingerprint density at radius 3 is 2.35 bits per heavy atom. The molecule has 0 bridgehead atoms. The minimum Gasteiger partial charge on any atom is -0.508 e. The highest BCUT2D eigenvalue weighted by Crippen LogP contribution is 2.25. The number of nitrogens with one attached hydrogen (secondary N) is 2. The van der Waals surface area contributed by atoms with E-state index in [2.05, 4.69) is 10.0 Å². The van der Waals surface area contributed by atoms with Gasteiger partial charge in [0.05, 0.1) is 10.6 Å². The Bertz CT molecular complexity index is 814. The first-order valence-electron chi connectivity index (χ1n) is 7.04. The number of aryl methyl sites for hydroxylation is 1. The zero-order valence-electron chi connectivity index (χ0n) is 12.8. The molecule has 0 radical (unpaired) electrons. The van der Waals surface area contributed by atoms with Crippen LogP contribution in [0.2, 0.25) is 0 Å². The number of amides is 1. The Hall–Kier alpha value is -2.54. The summed E-state index contributed by atoms with van der Waals surface area (Å²) in [6.07, 6.45) is 0.577. The molecule has 0 atom stereocenters. The van der Waals surface area contributed by atoms with Crippen LogP contribution in [0.5, 0.6) is 5.75 Å². The first-order valence-corrected chi connectivity index (χ1v) is 8.52. The minimum atomic E-state index is -3.75. The van der Waals surface area contributed by atoms with Gasteiger partial charge in [-0.3, -0.25) is 9.52 Å². The molecule has 0 aliphatic heterocycles. The number of hydrogen-bond donors (Lipinski definition) is 3. The van der Waals surface area contributed by atoms with E-state index in [1.165, 1.54) is 49.4 Å². The average molecular weight is 334 g/mol. The molecule has 0 aromatic heterocycles. The molecule has 7 heteroatoms. The number of carbonyl (C=O) groups excluding carboxylic acids is 1. The first kappa shape index (κ1) is 16.8. The van der Waals surface area contributed by atoms with Gasteiger partial charge in [-0.15, -0.1) is 0 Å². The molecule has 1 amide bonds. The van der Waals surface area contributed by atoms with Crippen LogP contribution < -0.4 is 10.0 Å². The fourth-order valence-corrected chi connectivity index (χ4v) is 3.20. The molecule has 0 heterocycles. The third-order valence-electron chi connectivity index (χ3n) is 3.20. The number of phenolic OH excluding ortho intramolecular Hbond substituents is 1. The van der Waals surface area contributed by atoms with Crippen LogP contribution >= 0.6 is 0 Å². The van der Waals surface area contributed by atoms with Crippen molar-refractivity contribution in [3.63, 3.8) is 0 Å². The van der Waals surface area contributed by atoms with Crippen molar-refractivity contribution >= 4 is 27.3 Å². The van der Waals surface area contributed by atoms with E-state index in [0.29, 0.717) is 23.4 Å². The number of rotatable bonds is 5. The average Bonchev–Trinajstić information content (AvgIpc) is 2.49. The van der Waals surface area contributed by atoms with E-state index >= 15 is 0 Å². The summed E-state index contributed by atoms with van der Waals surface area (Å²) in [5.74, 6) is -0.139. The maximum absolute atomic E-state index is 12.4. The molecule has 0 fully saturated rings. The summed E-state index contributed by atoms with van der Waals surface area (Å²) in [4.78, 5) is 11.1. The number of sulfonamides is 1. The molecule has 6 nitrogen and oxygen atoms in total. The van der Waals surface area contributed by atoms with Crippen molar-refractivity contribution in [3.8, 4) is 5.75 Å². The summed E-state index contributed by atoms with van der Waals surface area (Å²) >= 11 is 0. The van der Waals surface area contributed by atoms with Gasteiger partial charge in [0.25, 0.3) is 10.0 Å². The highest BCUT2D eigenvalue weighted by molar-refractivity contribution is 7.92. The fourth-order valence-electron chi connectivity index (χ4n) is 2.10. The van der Waals surface area contributed by atoms with Gasteiger partial charge in [-0.05, 0) is 54.4 Å². The predicted molar refractivity (Wildman–Crippen MR) is 89.0 cm³/mol. The van der Waals surface area contributed by atoms with Crippen molar-refractivity contribution in [1.82, 2.24) is 0 Å². The van der Waals surface area contributed by atoms with E-state index in [0.717, 1.165) is 0 Å². The van der Waals surface area contributed by atoms with Gasteiger partial charge in [-0.2, -0.15) is 0 Å². The molecule has 0 saturated carbocycles. The zero-order valence-corrected chi connectivity index (χ0v) is 13.6. The Balaban J connectivity index is 2.27. The standard InChI is InChI=1S/C16H18N2O4S/c1-3-12-10-14(20)6-9-16(12)18-23(21,22)15-7-4-13(5-8-15)17-11(2)19/h4-10,18,20H,3H2,1-2H3,(H,17,19). The summed E-state index contributed by atoms with van der Waals surface area (Å²) in [6.45, 7) is 3.25. The lowest BCUT2D eigenvalue weighted by Crippen LogP contribution is -2.14. The summed E-state index contributed by atoms with van der Waals surface area (Å²) in [6, 6.07) is 10.4. The fraction of sp³-hybridized carbons (Fsp3) is 0.188. The van der Waals surface area contributed by atoms with Crippen LogP contribution in [0.15, 0.2) is 47.4 Å². The van der Waals surface area contributed by atoms with Gasteiger partial charge in [0.1, 0.15) is 5.75 Å². The third-order valence-corrected chi connectivity index (χ3v) is 4.58. The van der Waals surface area contributed by atoms with Crippen LogP contribution in [0.1, 0.15) is 19.4 Å². The van der Waals surface area contributed by atoms with Crippen molar-refractivity contribution in [2.75, 3.05) is 10.0 Å². The van der Waals surface area contributed by atoms with Gasteiger partial charge in [0.2, 0.25) is 5.91 Å². The molecular formula is C16H18N2O4S. The lowest BCUT2D eigenvalue weighted by Gasteiger charge is -2.12. The molecule has 2 aromatic rings. The number of carbonyl (C=O) groups is 1. The van der Waals surface area contributed by atoms with Gasteiger partial charge in [0, 0.05) is 12.6 Å². The van der Waals surface area contributed by atoms with Crippen LogP contribution in [0.4, 0.5) is 11.4 Å². The number of aromatic hydroxyl groups is 1. The van der Waals surface area contributed by atoms with Crippen molar-refractivity contribution < 1.29 is 18.3 Å². The van der Waals surface area contributed by atoms with Gasteiger partial charge in [-0.1, -0.05) is 6.92 Å². The van der Waals surface area contributed by atoms with Crippen LogP contribution in [0, 0.1) is 0 Å². The molecule has 122 valence electrons. The second-order valence-corrected chi connectivity index (χ2v) is 6.69. The number of anilines is 2. The SMILES string of the molecule is CCc1cc(O)ccc1NS(=O)(=O)c1ccc(NC(C)=O)cc1. The molecule has 0 saturated heterocycles. The summed E-state index contributed by atoms with van der Waals surface area (Å²) in [5, 5.41) is 12.1. The minimum absolute atomic E-state index is 0.0849. The second-order valence-electron chi connectivity index (χ2n) is 5.01. The quantitative estimate of drug-likeness (QED) is 0.733. The van der Waals surface area contributed by atoms with Gasteiger partial charge in [-0.25, -0.2) is 8.42 Å². The Morgan fingerprint density at radius 1 is 1.13 bits per heavy atom. The number of phenols is 1. The summed E-state index contributed by atoms with van der Waals surface area (Å²) < 4.78 is 27.4. The molecule has 2 aromatic carbocycles. The van der Waals surface area contributed by atoms with E-state index in [1.807, 2.05) is 6.92 Å². The van der Waals surface area contributed by atoms with E-state index in [4.69, 9.17) is 0 Å². The second kappa shape index (κ2) is 6.70. The van der Waals surface area contributed by atoms with Crippen molar-refractivity contribution in [1.29, 1.82) is 0 Å². The smallest absolute Gasteiger partial charge is 0.261 e. The molecule has 0 spiro atoms. The molecule has 0 unspecified atom stereocenters. The summed E-state index contributed by atoms with van der Waals surface area (Å²) in [7, 11) is -3.75.